The summed E-state index contributed by atoms with van der Waals surface area (Å²) in [6, 6.07) is 11.7. The summed E-state index contributed by atoms with van der Waals surface area (Å²) in [5.41, 5.74) is 3.61. The van der Waals surface area contributed by atoms with E-state index in [0.29, 0.717) is 5.69 Å². The molecule has 0 radical (unpaired) electrons. The van der Waals surface area contributed by atoms with Gasteiger partial charge in [0.15, 0.2) is 0 Å². The molecular formula is C18H21N3O. The van der Waals surface area contributed by atoms with Crippen LogP contribution in [0.25, 0.3) is 0 Å². The summed E-state index contributed by atoms with van der Waals surface area (Å²) in [6.45, 7) is 7.00. The highest BCUT2D eigenvalue weighted by Crippen LogP contribution is 2.28. The van der Waals surface area contributed by atoms with E-state index in [9.17, 15) is 4.79 Å². The standard InChI is InChI=1S/C18H21N3O/c1-18(2,3)20-14-8-9-15(19-12-14)17(22)21-11-10-13-6-4-5-7-16(13)21/h4-9,12,20H,10-11H2,1-3H3. The topological polar surface area (TPSA) is 45.2 Å². The Morgan fingerprint density at radius 1 is 1.18 bits per heavy atom. The number of anilines is 2. The Morgan fingerprint density at radius 2 is 1.95 bits per heavy atom. The number of hydrogen-bond acceptors (Lipinski definition) is 3. The molecule has 4 nitrogen and oxygen atoms in total. The number of carbonyl (C=O) groups is 1. The molecule has 0 aliphatic carbocycles. The molecule has 0 saturated heterocycles. The van der Waals surface area contributed by atoms with Crippen LogP contribution in [0.3, 0.4) is 0 Å². The molecule has 2 aromatic rings. The number of benzene rings is 1. The van der Waals surface area contributed by atoms with Crippen molar-refractivity contribution in [3.63, 3.8) is 0 Å². The fraction of sp³-hybridized carbons (Fsp3) is 0.333. The second kappa shape index (κ2) is 5.44. The van der Waals surface area contributed by atoms with Gasteiger partial charge in [0.2, 0.25) is 0 Å². The Morgan fingerprint density at radius 3 is 2.64 bits per heavy atom. The van der Waals surface area contributed by atoms with Gasteiger partial charge in [0.05, 0.1) is 11.9 Å². The maximum Gasteiger partial charge on any atom is 0.276 e. The van der Waals surface area contributed by atoms with Gasteiger partial charge in [0.25, 0.3) is 5.91 Å². The fourth-order valence-corrected chi connectivity index (χ4v) is 2.71. The van der Waals surface area contributed by atoms with Gasteiger partial charge in [0, 0.05) is 17.8 Å². The maximum absolute atomic E-state index is 12.6. The molecule has 1 amide bonds. The Labute approximate surface area is 131 Å². The molecule has 3 rings (SSSR count). The molecule has 0 atom stereocenters. The lowest BCUT2D eigenvalue weighted by Gasteiger charge is -2.22. The van der Waals surface area contributed by atoms with Crippen LogP contribution in [0.1, 0.15) is 36.8 Å². The third kappa shape index (κ3) is 2.96. The molecule has 114 valence electrons. The van der Waals surface area contributed by atoms with Crippen molar-refractivity contribution in [3.8, 4) is 0 Å². The predicted molar refractivity (Wildman–Crippen MR) is 89.4 cm³/mol. The largest absolute Gasteiger partial charge is 0.379 e. The number of para-hydroxylation sites is 1. The summed E-state index contributed by atoms with van der Waals surface area (Å²) in [7, 11) is 0. The zero-order valence-electron chi connectivity index (χ0n) is 13.3. The third-order valence-corrected chi connectivity index (χ3v) is 3.63. The number of hydrogen-bond donors (Lipinski definition) is 1. The van der Waals surface area contributed by atoms with Crippen LogP contribution in [-0.2, 0) is 6.42 Å². The summed E-state index contributed by atoms with van der Waals surface area (Å²) in [6.07, 6.45) is 2.63. The zero-order chi connectivity index (χ0) is 15.7. The summed E-state index contributed by atoms with van der Waals surface area (Å²) in [4.78, 5) is 18.8. The lowest BCUT2D eigenvalue weighted by Crippen LogP contribution is -2.30. The van der Waals surface area contributed by atoms with Gasteiger partial charge in [-0.3, -0.25) is 4.79 Å². The van der Waals surface area contributed by atoms with Crippen LogP contribution < -0.4 is 10.2 Å². The molecule has 1 aromatic heterocycles. The molecule has 0 bridgehead atoms. The minimum atomic E-state index is -0.0349. The Kier molecular flexibility index (Phi) is 3.61. The minimum Gasteiger partial charge on any atom is -0.379 e. The average molecular weight is 295 g/mol. The van der Waals surface area contributed by atoms with Crippen molar-refractivity contribution in [1.29, 1.82) is 0 Å². The van der Waals surface area contributed by atoms with E-state index in [1.807, 2.05) is 29.2 Å². The first-order valence-corrected chi connectivity index (χ1v) is 7.58. The second-order valence-electron chi connectivity index (χ2n) is 6.64. The van der Waals surface area contributed by atoms with Crippen LogP contribution in [-0.4, -0.2) is 23.0 Å². The lowest BCUT2D eigenvalue weighted by molar-refractivity contribution is 0.0984. The van der Waals surface area contributed by atoms with E-state index in [2.05, 4.69) is 37.1 Å². The van der Waals surface area contributed by atoms with Gasteiger partial charge in [-0.25, -0.2) is 4.98 Å². The van der Waals surface area contributed by atoms with Gasteiger partial charge in [-0.1, -0.05) is 18.2 Å². The van der Waals surface area contributed by atoms with E-state index < -0.39 is 0 Å². The molecule has 2 heterocycles. The molecule has 4 heteroatoms. The maximum atomic E-state index is 12.6. The Hall–Kier alpha value is -2.36. The van der Waals surface area contributed by atoms with Crippen molar-refractivity contribution in [2.24, 2.45) is 0 Å². The summed E-state index contributed by atoms with van der Waals surface area (Å²) < 4.78 is 0. The van der Waals surface area contributed by atoms with Crippen LogP contribution in [0.4, 0.5) is 11.4 Å². The number of pyridine rings is 1. The van der Waals surface area contributed by atoms with Crippen molar-refractivity contribution in [1.82, 2.24) is 4.98 Å². The molecule has 22 heavy (non-hydrogen) atoms. The number of aromatic nitrogens is 1. The smallest absolute Gasteiger partial charge is 0.276 e. The van der Waals surface area contributed by atoms with Gasteiger partial charge in [-0.05, 0) is 51.0 Å². The zero-order valence-corrected chi connectivity index (χ0v) is 13.3. The molecule has 0 spiro atoms. The van der Waals surface area contributed by atoms with Crippen LogP contribution in [0, 0.1) is 0 Å². The fourth-order valence-electron chi connectivity index (χ4n) is 2.71. The summed E-state index contributed by atoms with van der Waals surface area (Å²) in [5.74, 6) is -0.0349. The highest BCUT2D eigenvalue weighted by atomic mass is 16.2. The first-order valence-electron chi connectivity index (χ1n) is 7.58. The average Bonchev–Trinajstić information content (AvgIpc) is 2.89. The van der Waals surface area contributed by atoms with Crippen LogP contribution in [0.5, 0.6) is 0 Å². The first kappa shape index (κ1) is 14.6. The third-order valence-electron chi connectivity index (χ3n) is 3.63. The van der Waals surface area contributed by atoms with Crippen molar-refractivity contribution in [3.05, 3.63) is 53.9 Å². The van der Waals surface area contributed by atoms with E-state index in [1.165, 1.54) is 5.56 Å². The number of nitrogens with one attached hydrogen (secondary N) is 1. The molecule has 1 N–H and O–H groups in total. The number of rotatable bonds is 2. The monoisotopic (exact) mass is 295 g/mol. The Bertz CT molecular complexity index is 686. The number of carbonyl (C=O) groups excluding carboxylic acids is 1. The molecule has 0 fully saturated rings. The van der Waals surface area contributed by atoms with E-state index in [-0.39, 0.29) is 11.4 Å². The molecular weight excluding hydrogens is 274 g/mol. The molecule has 0 saturated carbocycles. The van der Waals surface area contributed by atoms with Gasteiger partial charge < -0.3 is 10.2 Å². The van der Waals surface area contributed by atoms with Crippen molar-refractivity contribution >= 4 is 17.3 Å². The summed E-state index contributed by atoms with van der Waals surface area (Å²) in [5, 5.41) is 3.35. The van der Waals surface area contributed by atoms with E-state index in [4.69, 9.17) is 0 Å². The highest BCUT2D eigenvalue weighted by molar-refractivity contribution is 6.06. The quantitative estimate of drug-likeness (QED) is 0.922. The van der Waals surface area contributed by atoms with E-state index >= 15 is 0 Å². The van der Waals surface area contributed by atoms with Crippen LogP contribution in [0.2, 0.25) is 0 Å². The molecule has 1 aliphatic rings. The van der Waals surface area contributed by atoms with Crippen molar-refractivity contribution in [2.75, 3.05) is 16.8 Å². The normalized spacial score (nSPS) is 13.9. The second-order valence-corrected chi connectivity index (χ2v) is 6.64. The molecule has 1 aliphatic heterocycles. The van der Waals surface area contributed by atoms with Gasteiger partial charge in [0.1, 0.15) is 5.69 Å². The summed E-state index contributed by atoms with van der Waals surface area (Å²) >= 11 is 0. The first-order chi connectivity index (χ1) is 10.4. The predicted octanol–water partition coefficient (Wildman–Crippen LogP) is 3.49. The van der Waals surface area contributed by atoms with Gasteiger partial charge >= 0.3 is 0 Å². The van der Waals surface area contributed by atoms with Gasteiger partial charge in [-0.2, -0.15) is 0 Å². The van der Waals surface area contributed by atoms with Crippen LogP contribution in [0.15, 0.2) is 42.6 Å². The van der Waals surface area contributed by atoms with E-state index in [1.54, 1.807) is 12.3 Å². The Balaban J connectivity index is 1.79. The van der Waals surface area contributed by atoms with Crippen molar-refractivity contribution < 1.29 is 4.79 Å². The number of fused-ring (bicyclic) bond motifs is 1. The lowest BCUT2D eigenvalue weighted by atomic mass is 10.1. The molecule has 1 aromatic carbocycles. The van der Waals surface area contributed by atoms with E-state index in [0.717, 1.165) is 24.3 Å². The van der Waals surface area contributed by atoms with Gasteiger partial charge in [-0.15, -0.1) is 0 Å². The number of amides is 1. The number of nitrogens with zero attached hydrogens (tertiary/aromatic N) is 2. The SMILES string of the molecule is CC(C)(C)Nc1ccc(C(=O)N2CCc3ccccc32)nc1. The highest BCUT2D eigenvalue weighted by Gasteiger charge is 2.25. The van der Waals surface area contributed by atoms with Crippen molar-refractivity contribution in [2.45, 2.75) is 32.7 Å². The molecule has 0 unspecified atom stereocenters. The van der Waals surface area contributed by atoms with Crippen LogP contribution >= 0.6 is 0 Å². The minimum absolute atomic E-state index is 0.0267.